The highest BCUT2D eigenvalue weighted by Crippen LogP contribution is 2.26. The number of nitrogens with zero attached hydrogens (tertiary/aromatic N) is 3. The molecule has 3 fully saturated rings. The molecule has 0 bridgehead atoms. The van der Waals surface area contributed by atoms with Crippen LogP contribution >= 0.6 is 0 Å². The molecule has 5 heteroatoms. The minimum absolute atomic E-state index is 0.462. The van der Waals surface area contributed by atoms with Gasteiger partial charge in [-0.2, -0.15) is 0 Å². The van der Waals surface area contributed by atoms with E-state index in [0.717, 1.165) is 63.4 Å². The highest BCUT2D eigenvalue weighted by atomic mass is 16.5. The molecule has 0 aromatic carbocycles. The maximum Gasteiger partial charge on any atom is 0.193 e. The largest absolute Gasteiger partial charge is 0.378 e. The number of guanidine groups is 1. The first-order valence-corrected chi connectivity index (χ1v) is 12.2. The number of ether oxygens (including phenoxy) is 1. The fourth-order valence-corrected chi connectivity index (χ4v) is 5.05. The standard InChI is InChI=1S/C23H44N4O/c1-3-24-23(25-14-9-20-10-15-26(4-2)16-11-20)27-17-12-22(13-18-27)28-19-21-7-5-6-8-21/h20-22H,3-19H2,1-2H3,(H,24,25). The lowest BCUT2D eigenvalue weighted by molar-refractivity contribution is 0.00101. The molecule has 1 N–H and O–H groups in total. The SMILES string of the molecule is CCNC(=NCCC1CCN(CC)CC1)N1CCC(OCC2CCCC2)CC1. The zero-order valence-electron chi connectivity index (χ0n) is 18.5. The molecule has 1 aliphatic carbocycles. The van der Waals surface area contributed by atoms with Crippen LogP contribution < -0.4 is 5.32 Å². The Kier molecular flexibility index (Phi) is 9.39. The predicted octanol–water partition coefficient (Wildman–Crippen LogP) is 3.75. The van der Waals surface area contributed by atoms with Crippen molar-refractivity contribution in [1.29, 1.82) is 0 Å². The van der Waals surface area contributed by atoms with Crippen LogP contribution in [0.2, 0.25) is 0 Å². The number of hydrogen-bond acceptors (Lipinski definition) is 3. The molecule has 3 aliphatic rings. The van der Waals surface area contributed by atoms with Crippen molar-refractivity contribution in [2.75, 3.05) is 52.4 Å². The Hall–Kier alpha value is -0.810. The average molecular weight is 393 g/mol. The Bertz CT molecular complexity index is 448. The third kappa shape index (κ3) is 6.91. The lowest BCUT2D eigenvalue weighted by Gasteiger charge is -2.35. The van der Waals surface area contributed by atoms with Gasteiger partial charge in [-0.05, 0) is 83.3 Å². The first-order chi connectivity index (χ1) is 13.8. The second-order valence-corrected chi connectivity index (χ2v) is 9.07. The molecule has 2 heterocycles. The molecule has 162 valence electrons. The number of piperidine rings is 2. The number of aliphatic imine (C=N–C) groups is 1. The van der Waals surface area contributed by atoms with E-state index in [9.17, 15) is 0 Å². The van der Waals surface area contributed by atoms with Crippen molar-refractivity contribution in [3.05, 3.63) is 0 Å². The van der Waals surface area contributed by atoms with Crippen LogP contribution in [0.1, 0.15) is 71.6 Å². The van der Waals surface area contributed by atoms with Crippen LogP contribution in [0.3, 0.4) is 0 Å². The van der Waals surface area contributed by atoms with Gasteiger partial charge in [0.2, 0.25) is 0 Å². The quantitative estimate of drug-likeness (QED) is 0.504. The van der Waals surface area contributed by atoms with E-state index < -0.39 is 0 Å². The minimum Gasteiger partial charge on any atom is -0.378 e. The summed E-state index contributed by atoms with van der Waals surface area (Å²) in [6, 6.07) is 0. The van der Waals surface area contributed by atoms with Crippen LogP contribution in [0.5, 0.6) is 0 Å². The number of hydrogen-bond donors (Lipinski definition) is 1. The maximum absolute atomic E-state index is 6.24. The van der Waals surface area contributed by atoms with Crippen molar-refractivity contribution in [3.8, 4) is 0 Å². The molecular formula is C23H44N4O. The lowest BCUT2D eigenvalue weighted by Crippen LogP contribution is -2.47. The number of rotatable bonds is 8. The van der Waals surface area contributed by atoms with Crippen LogP contribution in [0.25, 0.3) is 0 Å². The summed E-state index contributed by atoms with van der Waals surface area (Å²) >= 11 is 0. The van der Waals surface area contributed by atoms with E-state index in [0.29, 0.717) is 6.10 Å². The summed E-state index contributed by atoms with van der Waals surface area (Å²) < 4.78 is 6.24. The van der Waals surface area contributed by atoms with Crippen LogP contribution in [0.15, 0.2) is 4.99 Å². The Morgan fingerprint density at radius 2 is 1.64 bits per heavy atom. The third-order valence-electron chi connectivity index (χ3n) is 7.07. The molecule has 0 spiro atoms. The molecule has 0 amide bonds. The first-order valence-electron chi connectivity index (χ1n) is 12.2. The van der Waals surface area contributed by atoms with E-state index in [2.05, 4.69) is 29.0 Å². The summed E-state index contributed by atoms with van der Waals surface area (Å²) in [7, 11) is 0. The van der Waals surface area contributed by atoms with Crippen LogP contribution in [0, 0.1) is 11.8 Å². The van der Waals surface area contributed by atoms with Crippen LogP contribution in [-0.4, -0.2) is 74.3 Å². The molecule has 28 heavy (non-hydrogen) atoms. The van der Waals surface area contributed by atoms with E-state index in [-0.39, 0.29) is 0 Å². The second kappa shape index (κ2) is 12.0. The molecule has 2 saturated heterocycles. The second-order valence-electron chi connectivity index (χ2n) is 9.07. The Balaban J connectivity index is 1.36. The number of nitrogens with one attached hydrogen (secondary N) is 1. The molecular weight excluding hydrogens is 348 g/mol. The van der Waals surface area contributed by atoms with Gasteiger partial charge < -0.3 is 19.9 Å². The van der Waals surface area contributed by atoms with E-state index in [1.165, 1.54) is 64.6 Å². The Morgan fingerprint density at radius 1 is 0.929 bits per heavy atom. The molecule has 0 aromatic heterocycles. The van der Waals surface area contributed by atoms with E-state index in [1.807, 2.05) is 0 Å². The molecule has 0 radical (unpaired) electrons. The first kappa shape index (κ1) is 21.9. The van der Waals surface area contributed by atoms with Crippen molar-refractivity contribution < 1.29 is 4.74 Å². The fraction of sp³-hybridized carbons (Fsp3) is 0.957. The van der Waals surface area contributed by atoms with Gasteiger partial charge >= 0.3 is 0 Å². The average Bonchev–Trinajstić information content (AvgIpc) is 3.26. The Morgan fingerprint density at radius 3 is 2.29 bits per heavy atom. The van der Waals surface area contributed by atoms with E-state index >= 15 is 0 Å². The van der Waals surface area contributed by atoms with Gasteiger partial charge in [0.1, 0.15) is 0 Å². The predicted molar refractivity (Wildman–Crippen MR) is 118 cm³/mol. The Labute approximate surface area is 173 Å². The lowest BCUT2D eigenvalue weighted by atomic mass is 9.94. The molecule has 0 unspecified atom stereocenters. The van der Waals surface area contributed by atoms with Crippen LogP contribution in [0.4, 0.5) is 0 Å². The summed E-state index contributed by atoms with van der Waals surface area (Å²) in [5, 5.41) is 3.52. The highest BCUT2D eigenvalue weighted by Gasteiger charge is 2.24. The maximum atomic E-state index is 6.24. The molecule has 1 saturated carbocycles. The van der Waals surface area contributed by atoms with E-state index in [1.54, 1.807) is 0 Å². The third-order valence-corrected chi connectivity index (χ3v) is 7.07. The summed E-state index contributed by atoms with van der Waals surface area (Å²) in [5.41, 5.74) is 0. The van der Waals surface area contributed by atoms with Gasteiger partial charge in [-0.15, -0.1) is 0 Å². The molecule has 3 rings (SSSR count). The molecule has 2 aliphatic heterocycles. The van der Waals surface area contributed by atoms with E-state index in [4.69, 9.17) is 9.73 Å². The normalized spacial score (nSPS) is 24.2. The summed E-state index contributed by atoms with van der Waals surface area (Å²) in [5.74, 6) is 2.83. The topological polar surface area (TPSA) is 40.1 Å². The smallest absolute Gasteiger partial charge is 0.193 e. The molecule has 5 nitrogen and oxygen atoms in total. The molecule has 0 atom stereocenters. The van der Waals surface area contributed by atoms with Gasteiger partial charge in [-0.25, -0.2) is 0 Å². The van der Waals surface area contributed by atoms with Gasteiger partial charge in [-0.3, -0.25) is 4.99 Å². The minimum atomic E-state index is 0.462. The van der Waals surface area contributed by atoms with Crippen molar-refractivity contribution in [3.63, 3.8) is 0 Å². The van der Waals surface area contributed by atoms with Crippen molar-refractivity contribution >= 4 is 5.96 Å². The van der Waals surface area contributed by atoms with Gasteiger partial charge in [-0.1, -0.05) is 19.8 Å². The van der Waals surface area contributed by atoms with Gasteiger partial charge in [0, 0.05) is 32.8 Å². The monoisotopic (exact) mass is 392 g/mol. The highest BCUT2D eigenvalue weighted by molar-refractivity contribution is 5.80. The van der Waals surface area contributed by atoms with Gasteiger partial charge in [0.25, 0.3) is 0 Å². The fourth-order valence-electron chi connectivity index (χ4n) is 5.05. The van der Waals surface area contributed by atoms with Crippen LogP contribution in [-0.2, 0) is 4.74 Å². The molecule has 0 aromatic rings. The van der Waals surface area contributed by atoms with Gasteiger partial charge in [0.15, 0.2) is 5.96 Å². The van der Waals surface area contributed by atoms with Crippen molar-refractivity contribution in [1.82, 2.24) is 15.1 Å². The van der Waals surface area contributed by atoms with Gasteiger partial charge in [0.05, 0.1) is 6.10 Å². The van der Waals surface area contributed by atoms with Crippen molar-refractivity contribution in [2.45, 2.75) is 77.7 Å². The summed E-state index contributed by atoms with van der Waals surface area (Å²) in [4.78, 5) is 10.0. The summed E-state index contributed by atoms with van der Waals surface area (Å²) in [6.45, 7) is 13.3. The zero-order chi connectivity index (χ0) is 19.6. The summed E-state index contributed by atoms with van der Waals surface area (Å²) in [6.07, 6.45) is 12.3. The zero-order valence-corrected chi connectivity index (χ0v) is 18.5. The van der Waals surface area contributed by atoms with Crippen molar-refractivity contribution in [2.24, 2.45) is 16.8 Å². The number of likely N-dealkylation sites (tertiary alicyclic amines) is 2.